The predicted molar refractivity (Wildman–Crippen MR) is 73.2 cm³/mol. The van der Waals surface area contributed by atoms with Crippen LogP contribution in [0.1, 0.15) is 41.4 Å². The van der Waals surface area contributed by atoms with Crippen LogP contribution < -0.4 is 5.32 Å². The quantitative estimate of drug-likeness (QED) is 0.869. The first-order valence-corrected chi connectivity index (χ1v) is 6.50. The lowest BCUT2D eigenvalue weighted by molar-refractivity contribution is 0.0894. The van der Waals surface area contributed by atoms with Crippen LogP contribution in [0.25, 0.3) is 0 Å². The van der Waals surface area contributed by atoms with Crippen molar-refractivity contribution in [3.05, 3.63) is 41.6 Å². The Morgan fingerprint density at radius 3 is 2.90 bits per heavy atom. The lowest BCUT2D eigenvalue weighted by Gasteiger charge is -2.16. The fourth-order valence-electron chi connectivity index (χ4n) is 2.11. The van der Waals surface area contributed by atoms with Crippen LogP contribution in [0.3, 0.4) is 0 Å². The van der Waals surface area contributed by atoms with Crippen molar-refractivity contribution in [3.8, 4) is 0 Å². The molecule has 0 aliphatic rings. The van der Waals surface area contributed by atoms with Crippen molar-refractivity contribution in [2.45, 2.75) is 32.4 Å². The first-order chi connectivity index (χ1) is 9.47. The fraction of sp³-hybridized carbons (Fsp3) is 0.429. The molecule has 0 aromatic carbocycles. The second-order valence-electron chi connectivity index (χ2n) is 4.94. The summed E-state index contributed by atoms with van der Waals surface area (Å²) in [5.41, 5.74) is 1.29. The van der Waals surface area contributed by atoms with Gasteiger partial charge in [-0.05, 0) is 32.0 Å². The van der Waals surface area contributed by atoms with E-state index in [9.17, 15) is 9.90 Å². The summed E-state index contributed by atoms with van der Waals surface area (Å²) in [4.78, 5) is 12.1. The highest BCUT2D eigenvalue weighted by atomic mass is 16.4. The average Bonchev–Trinajstić information content (AvgIpc) is 2.98. The van der Waals surface area contributed by atoms with Gasteiger partial charge in [0.25, 0.3) is 5.91 Å². The maximum absolute atomic E-state index is 12.1. The highest BCUT2D eigenvalue weighted by molar-refractivity contribution is 5.92. The third-order valence-corrected chi connectivity index (χ3v) is 3.06. The Morgan fingerprint density at radius 1 is 1.60 bits per heavy atom. The van der Waals surface area contributed by atoms with Gasteiger partial charge >= 0.3 is 0 Å². The first-order valence-electron chi connectivity index (χ1n) is 6.50. The number of carbonyl (C=O) groups excluding carboxylic acids is 1. The van der Waals surface area contributed by atoms with E-state index in [4.69, 9.17) is 4.42 Å². The zero-order valence-electron chi connectivity index (χ0n) is 11.8. The number of hydrogen-bond donors (Lipinski definition) is 2. The molecule has 0 bridgehead atoms. The zero-order chi connectivity index (χ0) is 14.7. The molecule has 108 valence electrons. The Kier molecular flexibility index (Phi) is 4.24. The Bertz CT molecular complexity index is 575. The third-order valence-electron chi connectivity index (χ3n) is 3.06. The van der Waals surface area contributed by atoms with Gasteiger partial charge in [-0.25, -0.2) is 0 Å². The predicted octanol–water partition coefficient (Wildman–Crippen LogP) is 1.56. The number of nitrogens with one attached hydrogen (secondary N) is 1. The van der Waals surface area contributed by atoms with Crippen LogP contribution in [-0.2, 0) is 7.05 Å². The summed E-state index contributed by atoms with van der Waals surface area (Å²) in [7, 11) is 1.73. The number of aromatic nitrogens is 2. The van der Waals surface area contributed by atoms with Crippen LogP contribution in [0.15, 0.2) is 28.9 Å². The number of carbonyl (C=O) groups is 1. The van der Waals surface area contributed by atoms with E-state index in [0.717, 1.165) is 5.69 Å². The van der Waals surface area contributed by atoms with E-state index in [1.807, 2.05) is 13.8 Å². The largest absolute Gasteiger partial charge is 0.467 e. The average molecular weight is 277 g/mol. The molecule has 2 atom stereocenters. The van der Waals surface area contributed by atoms with Gasteiger partial charge in [-0.3, -0.25) is 9.48 Å². The van der Waals surface area contributed by atoms with Gasteiger partial charge in [-0.1, -0.05) is 0 Å². The van der Waals surface area contributed by atoms with Crippen molar-refractivity contribution in [2.24, 2.45) is 7.05 Å². The number of aliphatic hydroxyl groups is 1. The maximum atomic E-state index is 12.1. The monoisotopic (exact) mass is 277 g/mol. The SMILES string of the molecule is Cc1cc(C(=O)N[C@@H](C)C[C@H](O)c2ccco2)n(C)n1. The van der Waals surface area contributed by atoms with Crippen molar-refractivity contribution in [1.82, 2.24) is 15.1 Å². The van der Waals surface area contributed by atoms with Gasteiger partial charge in [0.15, 0.2) is 0 Å². The molecule has 2 aromatic rings. The smallest absolute Gasteiger partial charge is 0.269 e. The molecule has 6 nitrogen and oxygen atoms in total. The van der Waals surface area contributed by atoms with E-state index in [1.165, 1.54) is 6.26 Å². The van der Waals surface area contributed by atoms with Gasteiger partial charge in [0.05, 0.1) is 12.0 Å². The van der Waals surface area contributed by atoms with Crippen molar-refractivity contribution in [1.29, 1.82) is 0 Å². The molecule has 2 aromatic heterocycles. The maximum Gasteiger partial charge on any atom is 0.269 e. The molecule has 0 aliphatic heterocycles. The molecule has 2 rings (SSSR count). The Balaban J connectivity index is 1.93. The van der Waals surface area contributed by atoms with Gasteiger partial charge < -0.3 is 14.8 Å². The van der Waals surface area contributed by atoms with E-state index in [2.05, 4.69) is 10.4 Å². The van der Waals surface area contributed by atoms with Crippen LogP contribution in [0.5, 0.6) is 0 Å². The van der Waals surface area contributed by atoms with Gasteiger partial charge in [0.1, 0.15) is 17.6 Å². The number of hydrogen-bond acceptors (Lipinski definition) is 4. The summed E-state index contributed by atoms with van der Waals surface area (Å²) >= 11 is 0. The molecule has 0 saturated carbocycles. The molecule has 0 unspecified atom stereocenters. The normalized spacial score (nSPS) is 14.0. The molecule has 0 aliphatic carbocycles. The molecule has 0 radical (unpaired) electrons. The highest BCUT2D eigenvalue weighted by Gasteiger charge is 2.18. The first kappa shape index (κ1) is 14.3. The molecule has 2 heterocycles. The topological polar surface area (TPSA) is 80.3 Å². The molecule has 20 heavy (non-hydrogen) atoms. The second kappa shape index (κ2) is 5.92. The van der Waals surface area contributed by atoms with E-state index < -0.39 is 6.10 Å². The number of rotatable bonds is 5. The lowest BCUT2D eigenvalue weighted by atomic mass is 10.1. The number of furan rings is 1. The number of amides is 1. The Morgan fingerprint density at radius 2 is 2.35 bits per heavy atom. The van der Waals surface area contributed by atoms with Crippen molar-refractivity contribution in [3.63, 3.8) is 0 Å². The number of aryl methyl sites for hydroxylation is 2. The molecule has 6 heteroatoms. The minimum absolute atomic E-state index is 0.183. The van der Waals surface area contributed by atoms with Crippen molar-refractivity contribution in [2.75, 3.05) is 0 Å². The summed E-state index contributed by atoms with van der Waals surface area (Å²) in [5, 5.41) is 16.9. The van der Waals surface area contributed by atoms with Gasteiger partial charge in [0.2, 0.25) is 0 Å². The molecular weight excluding hydrogens is 258 g/mol. The minimum Gasteiger partial charge on any atom is -0.467 e. The van der Waals surface area contributed by atoms with Crippen LogP contribution >= 0.6 is 0 Å². The number of aliphatic hydroxyl groups excluding tert-OH is 1. The van der Waals surface area contributed by atoms with E-state index >= 15 is 0 Å². The van der Waals surface area contributed by atoms with Crippen molar-refractivity contribution < 1.29 is 14.3 Å². The summed E-state index contributed by atoms with van der Waals surface area (Å²) in [6, 6.07) is 4.98. The highest BCUT2D eigenvalue weighted by Crippen LogP contribution is 2.18. The third kappa shape index (κ3) is 3.27. The van der Waals surface area contributed by atoms with Crippen LogP contribution in [0.2, 0.25) is 0 Å². The van der Waals surface area contributed by atoms with Gasteiger partial charge in [-0.2, -0.15) is 5.10 Å². The molecule has 2 N–H and O–H groups in total. The minimum atomic E-state index is -0.728. The molecule has 0 spiro atoms. The van der Waals surface area contributed by atoms with Gasteiger partial charge in [0, 0.05) is 19.5 Å². The number of nitrogens with zero attached hydrogens (tertiary/aromatic N) is 2. The van der Waals surface area contributed by atoms with E-state index in [0.29, 0.717) is 17.9 Å². The fourth-order valence-corrected chi connectivity index (χ4v) is 2.11. The molecule has 0 fully saturated rings. The van der Waals surface area contributed by atoms with Crippen LogP contribution in [0.4, 0.5) is 0 Å². The van der Waals surface area contributed by atoms with Crippen LogP contribution in [0, 0.1) is 6.92 Å². The Hall–Kier alpha value is -2.08. The second-order valence-corrected chi connectivity index (χ2v) is 4.94. The van der Waals surface area contributed by atoms with E-state index in [1.54, 1.807) is 29.9 Å². The summed E-state index contributed by atoms with van der Waals surface area (Å²) < 4.78 is 6.67. The molecular formula is C14H19N3O3. The van der Waals surface area contributed by atoms with Gasteiger partial charge in [-0.15, -0.1) is 0 Å². The van der Waals surface area contributed by atoms with Crippen LogP contribution in [-0.4, -0.2) is 26.8 Å². The lowest BCUT2D eigenvalue weighted by Crippen LogP contribution is -2.34. The standard InChI is InChI=1S/C14H19N3O3/c1-9(8-12(18)13-5-4-6-20-13)15-14(19)11-7-10(2)16-17(11)3/h4-7,9,12,18H,8H2,1-3H3,(H,15,19)/t9-,12-/m0/s1. The summed E-state index contributed by atoms with van der Waals surface area (Å²) in [5.74, 6) is 0.301. The summed E-state index contributed by atoms with van der Waals surface area (Å²) in [6.07, 6.45) is 1.17. The molecule has 1 amide bonds. The zero-order valence-corrected chi connectivity index (χ0v) is 11.8. The molecule has 0 saturated heterocycles. The van der Waals surface area contributed by atoms with Crippen molar-refractivity contribution >= 4 is 5.91 Å². The van der Waals surface area contributed by atoms with E-state index in [-0.39, 0.29) is 11.9 Å². The summed E-state index contributed by atoms with van der Waals surface area (Å²) in [6.45, 7) is 3.67. The Labute approximate surface area is 117 Å².